The van der Waals surface area contributed by atoms with Crippen molar-refractivity contribution in [3.8, 4) is 11.5 Å². The lowest BCUT2D eigenvalue weighted by Gasteiger charge is -2.08. The van der Waals surface area contributed by atoms with Gasteiger partial charge in [-0.05, 0) is 30.7 Å². The lowest BCUT2D eigenvalue weighted by Crippen LogP contribution is -1.97. The predicted octanol–water partition coefficient (Wildman–Crippen LogP) is 3.79. The van der Waals surface area contributed by atoms with E-state index in [1.54, 1.807) is 6.92 Å². The molecule has 0 aromatic heterocycles. The minimum atomic E-state index is -1.20. The van der Waals surface area contributed by atoms with E-state index in [1.165, 1.54) is 18.2 Å². The van der Waals surface area contributed by atoms with Gasteiger partial charge in [0, 0.05) is 11.6 Å². The maximum Gasteiger partial charge on any atom is 0.307 e. The van der Waals surface area contributed by atoms with Gasteiger partial charge in [-0.15, -0.1) is 0 Å². The first-order valence-electron chi connectivity index (χ1n) is 5.79. The van der Waals surface area contributed by atoms with E-state index in [0.717, 1.165) is 0 Å². The lowest BCUT2D eigenvalue weighted by molar-refractivity contribution is -0.387. The molecule has 0 N–H and O–H groups in total. The van der Waals surface area contributed by atoms with Crippen molar-refractivity contribution in [3.63, 3.8) is 0 Å². The first kappa shape index (κ1) is 14.6. The number of ether oxygens (including phenoxy) is 1. The quantitative estimate of drug-likeness (QED) is 0.488. The number of aldehydes is 1. The molecule has 0 heterocycles. The molecule has 0 saturated heterocycles. The number of rotatable bonds is 4. The highest BCUT2D eigenvalue weighted by atomic mass is 19.1. The van der Waals surface area contributed by atoms with Crippen LogP contribution in [0.1, 0.15) is 15.9 Å². The predicted molar refractivity (Wildman–Crippen MR) is 69.7 cm³/mol. The molecule has 108 valence electrons. The summed E-state index contributed by atoms with van der Waals surface area (Å²) in [6.45, 7) is 1.66. The number of hydrogen-bond acceptors (Lipinski definition) is 4. The number of carbonyl (C=O) groups excluding carboxylic acids is 1. The zero-order valence-electron chi connectivity index (χ0n) is 10.8. The van der Waals surface area contributed by atoms with Crippen LogP contribution in [0.5, 0.6) is 11.5 Å². The largest absolute Gasteiger partial charge is 0.454 e. The first-order valence-corrected chi connectivity index (χ1v) is 5.79. The van der Waals surface area contributed by atoms with Crippen molar-refractivity contribution < 1.29 is 23.2 Å². The van der Waals surface area contributed by atoms with Crippen molar-refractivity contribution in [1.29, 1.82) is 0 Å². The molecule has 21 heavy (non-hydrogen) atoms. The molecule has 0 aliphatic carbocycles. The maximum atomic E-state index is 13.7. The third-order valence-corrected chi connectivity index (χ3v) is 2.79. The van der Waals surface area contributed by atoms with Gasteiger partial charge >= 0.3 is 5.69 Å². The molecule has 0 aliphatic heterocycles. The van der Waals surface area contributed by atoms with E-state index in [9.17, 15) is 23.7 Å². The molecular weight excluding hydrogens is 284 g/mol. The Morgan fingerprint density at radius 1 is 1.19 bits per heavy atom. The summed E-state index contributed by atoms with van der Waals surface area (Å²) in [5.74, 6) is -2.54. The molecule has 2 aromatic rings. The van der Waals surface area contributed by atoms with Gasteiger partial charge in [-0.2, -0.15) is 4.39 Å². The van der Waals surface area contributed by atoms with Crippen LogP contribution < -0.4 is 4.74 Å². The average Bonchev–Trinajstić information content (AvgIpc) is 2.42. The van der Waals surface area contributed by atoms with E-state index in [-0.39, 0.29) is 5.75 Å². The topological polar surface area (TPSA) is 69.4 Å². The number of nitrogens with zero attached hydrogens (tertiary/aromatic N) is 1. The van der Waals surface area contributed by atoms with Crippen molar-refractivity contribution in [2.24, 2.45) is 0 Å². The van der Waals surface area contributed by atoms with E-state index >= 15 is 0 Å². The Kier molecular flexibility index (Phi) is 3.93. The molecule has 0 atom stereocenters. The van der Waals surface area contributed by atoms with Crippen molar-refractivity contribution in [3.05, 3.63) is 63.2 Å². The fourth-order valence-corrected chi connectivity index (χ4v) is 1.71. The molecule has 5 nitrogen and oxygen atoms in total. The van der Waals surface area contributed by atoms with Crippen LogP contribution >= 0.6 is 0 Å². The summed E-state index contributed by atoms with van der Waals surface area (Å²) >= 11 is 0. The molecule has 7 heteroatoms. The molecular formula is C14H9F2NO4. The third kappa shape index (κ3) is 3.02. The van der Waals surface area contributed by atoms with Crippen molar-refractivity contribution in [2.75, 3.05) is 0 Å². The summed E-state index contributed by atoms with van der Waals surface area (Å²) < 4.78 is 32.3. The standard InChI is InChI=1S/C14H9F2NO4/c1-8-4-10(3-2-9(8)7-18)21-14-6-11(15)13(17(19)20)5-12(14)16/h2-7H,1H3. The highest BCUT2D eigenvalue weighted by molar-refractivity contribution is 5.77. The SMILES string of the molecule is Cc1cc(Oc2cc(F)c([N+](=O)[O-])cc2F)ccc1C=O. The second kappa shape index (κ2) is 5.66. The van der Waals surface area contributed by atoms with Crippen molar-refractivity contribution >= 4 is 12.0 Å². The van der Waals surface area contributed by atoms with Gasteiger partial charge in [0.05, 0.1) is 11.0 Å². The van der Waals surface area contributed by atoms with Gasteiger partial charge in [-0.25, -0.2) is 4.39 Å². The minimum absolute atomic E-state index is 0.185. The molecule has 0 fully saturated rings. The molecule has 0 amide bonds. The Labute approximate surface area is 117 Å². The molecule has 0 bridgehead atoms. The van der Waals surface area contributed by atoms with Gasteiger partial charge < -0.3 is 4.74 Å². The van der Waals surface area contributed by atoms with Crippen LogP contribution in [0.25, 0.3) is 0 Å². The van der Waals surface area contributed by atoms with E-state index < -0.39 is 28.0 Å². The fraction of sp³-hybridized carbons (Fsp3) is 0.0714. The van der Waals surface area contributed by atoms with Crippen LogP contribution in [0.4, 0.5) is 14.5 Å². The molecule has 0 radical (unpaired) electrons. The summed E-state index contributed by atoms with van der Waals surface area (Å²) in [5, 5.41) is 10.5. The highest BCUT2D eigenvalue weighted by Crippen LogP contribution is 2.30. The van der Waals surface area contributed by atoms with Crippen LogP contribution in [0.3, 0.4) is 0 Å². The molecule has 2 aromatic carbocycles. The summed E-state index contributed by atoms with van der Waals surface area (Å²) in [4.78, 5) is 20.1. The second-order valence-electron chi connectivity index (χ2n) is 4.23. The number of hydrogen-bond donors (Lipinski definition) is 0. The Hall–Kier alpha value is -2.83. The van der Waals surface area contributed by atoms with Crippen LogP contribution in [-0.2, 0) is 0 Å². The summed E-state index contributed by atoms with van der Waals surface area (Å²) in [7, 11) is 0. The number of halogens is 2. The monoisotopic (exact) mass is 293 g/mol. The number of nitro benzene ring substituents is 1. The normalized spacial score (nSPS) is 10.2. The fourth-order valence-electron chi connectivity index (χ4n) is 1.71. The molecule has 0 unspecified atom stereocenters. The van der Waals surface area contributed by atoms with Crippen LogP contribution in [0, 0.1) is 28.7 Å². The summed E-state index contributed by atoms with van der Waals surface area (Å²) in [5.41, 5.74) is 0.0790. The van der Waals surface area contributed by atoms with E-state index in [2.05, 4.69) is 0 Å². The van der Waals surface area contributed by atoms with Gasteiger partial charge in [0.1, 0.15) is 12.0 Å². The van der Waals surface area contributed by atoms with Crippen LogP contribution in [0.2, 0.25) is 0 Å². The summed E-state index contributed by atoms with van der Waals surface area (Å²) in [6.07, 6.45) is 0.658. The smallest absolute Gasteiger partial charge is 0.307 e. The van der Waals surface area contributed by atoms with E-state index in [4.69, 9.17) is 4.74 Å². The zero-order chi connectivity index (χ0) is 15.6. The van der Waals surface area contributed by atoms with Crippen LogP contribution in [-0.4, -0.2) is 11.2 Å². The zero-order valence-corrected chi connectivity index (χ0v) is 10.8. The number of benzene rings is 2. The maximum absolute atomic E-state index is 13.7. The molecule has 2 rings (SSSR count). The van der Waals surface area contributed by atoms with E-state index in [1.807, 2.05) is 0 Å². The van der Waals surface area contributed by atoms with Crippen LogP contribution in [0.15, 0.2) is 30.3 Å². The highest BCUT2D eigenvalue weighted by Gasteiger charge is 2.19. The van der Waals surface area contributed by atoms with Gasteiger partial charge in [0.15, 0.2) is 11.6 Å². The first-order chi connectivity index (χ1) is 9.92. The van der Waals surface area contributed by atoms with Gasteiger partial charge in [-0.3, -0.25) is 14.9 Å². The minimum Gasteiger partial charge on any atom is -0.454 e. The average molecular weight is 293 g/mol. The lowest BCUT2D eigenvalue weighted by atomic mass is 10.1. The Balaban J connectivity index is 2.36. The summed E-state index contributed by atoms with van der Waals surface area (Å²) in [6, 6.07) is 5.42. The Morgan fingerprint density at radius 2 is 1.90 bits per heavy atom. The number of aryl methyl sites for hydroxylation is 1. The van der Waals surface area contributed by atoms with Gasteiger partial charge in [0.2, 0.25) is 5.82 Å². The Morgan fingerprint density at radius 3 is 2.48 bits per heavy atom. The van der Waals surface area contributed by atoms with Crippen molar-refractivity contribution in [1.82, 2.24) is 0 Å². The van der Waals surface area contributed by atoms with Gasteiger partial charge in [0.25, 0.3) is 0 Å². The molecule has 0 spiro atoms. The molecule has 0 saturated carbocycles. The third-order valence-electron chi connectivity index (χ3n) is 2.79. The number of nitro groups is 1. The molecule has 0 aliphatic rings. The van der Waals surface area contributed by atoms with Gasteiger partial charge in [-0.1, -0.05) is 0 Å². The Bertz CT molecular complexity index is 731. The number of carbonyl (C=O) groups is 1. The van der Waals surface area contributed by atoms with E-state index in [0.29, 0.717) is 29.5 Å². The van der Waals surface area contributed by atoms with Crippen molar-refractivity contribution in [2.45, 2.75) is 6.92 Å². The second-order valence-corrected chi connectivity index (χ2v) is 4.23.